The highest BCUT2D eigenvalue weighted by atomic mass is 16.5. The monoisotopic (exact) mass is 234 g/mol. The first kappa shape index (κ1) is 11.9. The number of anilines is 1. The first-order valence-corrected chi connectivity index (χ1v) is 5.89. The van der Waals surface area contributed by atoms with Crippen molar-refractivity contribution >= 4 is 11.6 Å². The summed E-state index contributed by atoms with van der Waals surface area (Å²) in [5, 5.41) is 6.10. The number of ether oxygens (including phenoxy) is 1. The Labute approximate surface area is 101 Å². The Morgan fingerprint density at radius 2 is 2.35 bits per heavy atom. The molecule has 0 aromatic heterocycles. The first-order chi connectivity index (χ1) is 8.20. The quantitative estimate of drug-likeness (QED) is 0.837. The summed E-state index contributed by atoms with van der Waals surface area (Å²) in [6.07, 6.45) is 1.99. The van der Waals surface area contributed by atoms with Crippen LogP contribution in [0.1, 0.15) is 18.4 Å². The van der Waals surface area contributed by atoms with Gasteiger partial charge in [0.1, 0.15) is 5.75 Å². The molecule has 92 valence electrons. The molecule has 17 heavy (non-hydrogen) atoms. The van der Waals surface area contributed by atoms with E-state index in [1.54, 1.807) is 7.11 Å². The molecule has 1 aliphatic heterocycles. The fraction of sp³-hybridized carbons (Fsp3) is 0.462. The molecule has 2 rings (SSSR count). The van der Waals surface area contributed by atoms with Crippen LogP contribution in [0.2, 0.25) is 0 Å². The maximum absolute atomic E-state index is 11.9. The summed E-state index contributed by atoms with van der Waals surface area (Å²) in [7, 11) is 1.64. The molecule has 0 aliphatic carbocycles. The third-order valence-corrected chi connectivity index (χ3v) is 3.04. The van der Waals surface area contributed by atoms with Gasteiger partial charge in [-0.05, 0) is 50.1 Å². The van der Waals surface area contributed by atoms with E-state index in [2.05, 4.69) is 10.6 Å². The van der Waals surface area contributed by atoms with E-state index >= 15 is 0 Å². The third kappa shape index (κ3) is 2.77. The summed E-state index contributed by atoms with van der Waals surface area (Å²) in [5.74, 6) is 0.883. The Balaban J connectivity index is 2.03. The number of hydrogen-bond donors (Lipinski definition) is 2. The molecule has 1 aromatic carbocycles. The topological polar surface area (TPSA) is 50.4 Å². The fourth-order valence-electron chi connectivity index (χ4n) is 2.09. The van der Waals surface area contributed by atoms with Crippen molar-refractivity contribution in [3.05, 3.63) is 23.8 Å². The van der Waals surface area contributed by atoms with Gasteiger partial charge in [-0.25, -0.2) is 0 Å². The van der Waals surface area contributed by atoms with Gasteiger partial charge in [0, 0.05) is 5.69 Å². The maximum Gasteiger partial charge on any atom is 0.241 e. The van der Waals surface area contributed by atoms with Crippen molar-refractivity contribution < 1.29 is 9.53 Å². The van der Waals surface area contributed by atoms with Gasteiger partial charge >= 0.3 is 0 Å². The summed E-state index contributed by atoms with van der Waals surface area (Å²) in [6, 6.07) is 5.61. The molecule has 0 saturated carbocycles. The van der Waals surface area contributed by atoms with Crippen LogP contribution in [0.5, 0.6) is 5.75 Å². The molecule has 1 aromatic rings. The first-order valence-electron chi connectivity index (χ1n) is 5.89. The Hall–Kier alpha value is -1.55. The average molecular weight is 234 g/mol. The lowest BCUT2D eigenvalue weighted by Crippen LogP contribution is -2.35. The summed E-state index contributed by atoms with van der Waals surface area (Å²) in [6.45, 7) is 2.89. The highest BCUT2D eigenvalue weighted by Gasteiger charge is 2.21. The summed E-state index contributed by atoms with van der Waals surface area (Å²) >= 11 is 0. The standard InChI is InChI=1S/C13H18N2O2/c1-9-8-10(5-6-12(9)17-2)15-13(16)11-4-3-7-14-11/h5-6,8,11,14H,3-4,7H2,1-2H3,(H,15,16)/t11-/m1/s1. The molecule has 4 nitrogen and oxygen atoms in total. The smallest absolute Gasteiger partial charge is 0.241 e. The maximum atomic E-state index is 11.9. The molecule has 1 atom stereocenters. The zero-order valence-corrected chi connectivity index (χ0v) is 10.2. The molecule has 1 aliphatic rings. The van der Waals surface area contributed by atoms with E-state index in [1.165, 1.54) is 0 Å². The van der Waals surface area contributed by atoms with Crippen LogP contribution in [-0.2, 0) is 4.79 Å². The Kier molecular flexibility index (Phi) is 3.64. The minimum Gasteiger partial charge on any atom is -0.496 e. The lowest BCUT2D eigenvalue weighted by Gasteiger charge is -2.12. The van der Waals surface area contributed by atoms with Gasteiger partial charge in [0.2, 0.25) is 5.91 Å². The number of methoxy groups -OCH3 is 1. The van der Waals surface area contributed by atoms with E-state index in [0.29, 0.717) is 0 Å². The van der Waals surface area contributed by atoms with Gasteiger partial charge in [-0.3, -0.25) is 4.79 Å². The molecule has 1 heterocycles. The van der Waals surface area contributed by atoms with Gasteiger partial charge in [-0.1, -0.05) is 0 Å². The predicted molar refractivity (Wildman–Crippen MR) is 67.4 cm³/mol. The van der Waals surface area contributed by atoms with Crippen LogP contribution >= 0.6 is 0 Å². The molecule has 4 heteroatoms. The minimum atomic E-state index is -0.0441. The van der Waals surface area contributed by atoms with Crippen LogP contribution in [0, 0.1) is 6.92 Å². The lowest BCUT2D eigenvalue weighted by atomic mass is 10.1. The zero-order chi connectivity index (χ0) is 12.3. The summed E-state index contributed by atoms with van der Waals surface area (Å²) in [5.41, 5.74) is 1.84. The second kappa shape index (κ2) is 5.19. The van der Waals surface area contributed by atoms with Gasteiger partial charge in [-0.2, -0.15) is 0 Å². The molecule has 1 amide bonds. The van der Waals surface area contributed by atoms with Crippen molar-refractivity contribution in [2.45, 2.75) is 25.8 Å². The molecular weight excluding hydrogens is 216 g/mol. The Morgan fingerprint density at radius 1 is 1.53 bits per heavy atom. The number of benzene rings is 1. The molecule has 2 N–H and O–H groups in total. The van der Waals surface area contributed by atoms with Gasteiger partial charge in [0.25, 0.3) is 0 Å². The molecular formula is C13H18N2O2. The number of carbonyl (C=O) groups is 1. The fourth-order valence-corrected chi connectivity index (χ4v) is 2.09. The minimum absolute atomic E-state index is 0.0441. The van der Waals surface area contributed by atoms with Crippen molar-refractivity contribution in [3.63, 3.8) is 0 Å². The van der Waals surface area contributed by atoms with Crippen molar-refractivity contribution in [3.8, 4) is 5.75 Å². The van der Waals surface area contributed by atoms with Gasteiger partial charge < -0.3 is 15.4 Å². The molecule has 0 radical (unpaired) electrons. The van der Waals surface area contributed by atoms with E-state index in [1.807, 2.05) is 25.1 Å². The number of carbonyl (C=O) groups excluding carboxylic acids is 1. The van der Waals surface area contributed by atoms with Crippen molar-refractivity contribution in [1.82, 2.24) is 5.32 Å². The Morgan fingerprint density at radius 3 is 2.94 bits per heavy atom. The largest absolute Gasteiger partial charge is 0.496 e. The molecule has 0 spiro atoms. The van der Waals surface area contributed by atoms with E-state index in [4.69, 9.17) is 4.74 Å². The van der Waals surface area contributed by atoms with Gasteiger partial charge in [0.15, 0.2) is 0 Å². The number of rotatable bonds is 3. The molecule has 1 saturated heterocycles. The number of nitrogens with one attached hydrogen (secondary N) is 2. The van der Waals surface area contributed by atoms with E-state index in [-0.39, 0.29) is 11.9 Å². The zero-order valence-electron chi connectivity index (χ0n) is 10.2. The number of hydrogen-bond acceptors (Lipinski definition) is 3. The molecule has 0 bridgehead atoms. The highest BCUT2D eigenvalue weighted by Crippen LogP contribution is 2.21. The second-order valence-corrected chi connectivity index (χ2v) is 4.32. The summed E-state index contributed by atoms with van der Waals surface area (Å²) < 4.78 is 5.18. The van der Waals surface area contributed by atoms with Crippen LogP contribution < -0.4 is 15.4 Å². The second-order valence-electron chi connectivity index (χ2n) is 4.32. The number of amides is 1. The van der Waals surface area contributed by atoms with Crippen LogP contribution in [0.3, 0.4) is 0 Å². The van der Waals surface area contributed by atoms with Crippen molar-refractivity contribution in [2.75, 3.05) is 19.0 Å². The third-order valence-electron chi connectivity index (χ3n) is 3.04. The van der Waals surface area contributed by atoms with Crippen molar-refractivity contribution in [1.29, 1.82) is 0 Å². The predicted octanol–water partition coefficient (Wildman–Crippen LogP) is 1.69. The normalized spacial score (nSPS) is 19.1. The van der Waals surface area contributed by atoms with Gasteiger partial charge in [-0.15, -0.1) is 0 Å². The van der Waals surface area contributed by atoms with E-state index in [9.17, 15) is 4.79 Å². The molecule has 1 fully saturated rings. The van der Waals surface area contributed by atoms with Crippen LogP contribution in [-0.4, -0.2) is 25.6 Å². The summed E-state index contributed by atoms with van der Waals surface area (Å²) in [4.78, 5) is 11.9. The van der Waals surface area contributed by atoms with Crippen molar-refractivity contribution in [2.24, 2.45) is 0 Å². The SMILES string of the molecule is COc1ccc(NC(=O)[C@H]2CCCN2)cc1C. The van der Waals surface area contributed by atoms with Crippen LogP contribution in [0.15, 0.2) is 18.2 Å². The average Bonchev–Trinajstić information content (AvgIpc) is 2.82. The van der Waals surface area contributed by atoms with Crippen LogP contribution in [0.25, 0.3) is 0 Å². The highest BCUT2D eigenvalue weighted by molar-refractivity contribution is 5.95. The number of aryl methyl sites for hydroxylation is 1. The lowest BCUT2D eigenvalue weighted by molar-refractivity contribution is -0.117. The van der Waals surface area contributed by atoms with E-state index in [0.717, 1.165) is 36.4 Å². The van der Waals surface area contributed by atoms with Crippen LogP contribution in [0.4, 0.5) is 5.69 Å². The Bertz CT molecular complexity index is 412. The van der Waals surface area contributed by atoms with Gasteiger partial charge in [0.05, 0.1) is 13.2 Å². The molecule has 0 unspecified atom stereocenters. The van der Waals surface area contributed by atoms with E-state index < -0.39 is 0 Å².